The van der Waals surface area contributed by atoms with E-state index in [1.807, 2.05) is 54.6 Å². The molecule has 0 spiro atoms. The fraction of sp³-hybridized carbons (Fsp3) is 0.391. The number of nitrogens with one attached hydrogen (secondary N) is 1. The van der Waals surface area contributed by atoms with Crippen LogP contribution in [0, 0.1) is 0 Å². The van der Waals surface area contributed by atoms with E-state index in [9.17, 15) is 9.59 Å². The van der Waals surface area contributed by atoms with Gasteiger partial charge in [-0.05, 0) is 43.0 Å². The number of aliphatic hydroxyl groups is 1. The number of aliphatic hydroxyl groups excluding tert-OH is 1. The Morgan fingerprint density at radius 3 is 2.40 bits per heavy atom. The highest BCUT2D eigenvalue weighted by atomic mass is 16.6. The van der Waals surface area contributed by atoms with Crippen LogP contribution in [0.3, 0.4) is 0 Å². The van der Waals surface area contributed by atoms with Gasteiger partial charge in [0.05, 0.1) is 13.2 Å². The molecule has 30 heavy (non-hydrogen) atoms. The summed E-state index contributed by atoms with van der Waals surface area (Å²) in [6.45, 7) is 2.41. The van der Waals surface area contributed by atoms with Crippen molar-refractivity contribution < 1.29 is 28.9 Å². The standard InChI is InChI=1S/C23H29NO6/c1-2-28-22(26)21(24-23(27)30-17-19-7-4-3-5-8-19)14-16-29-20-12-10-18(11-13-20)9-6-15-25/h3-5,7-8,10-13,21,25H,2,6,9,14-17H2,1H3,(H,24,27). The molecule has 1 unspecified atom stereocenters. The van der Waals surface area contributed by atoms with Gasteiger partial charge in [-0.2, -0.15) is 0 Å². The second-order valence-electron chi connectivity index (χ2n) is 6.62. The molecule has 162 valence electrons. The largest absolute Gasteiger partial charge is 0.494 e. The van der Waals surface area contributed by atoms with Gasteiger partial charge in [-0.15, -0.1) is 0 Å². The summed E-state index contributed by atoms with van der Waals surface area (Å²) in [5.41, 5.74) is 1.97. The van der Waals surface area contributed by atoms with E-state index in [0.717, 1.165) is 17.5 Å². The van der Waals surface area contributed by atoms with E-state index < -0.39 is 18.1 Å². The van der Waals surface area contributed by atoms with Gasteiger partial charge in [0, 0.05) is 13.0 Å². The average molecular weight is 415 g/mol. The van der Waals surface area contributed by atoms with Crippen LogP contribution in [-0.2, 0) is 27.3 Å². The molecule has 1 atom stereocenters. The number of rotatable bonds is 12. The lowest BCUT2D eigenvalue weighted by Crippen LogP contribution is -2.43. The number of carbonyl (C=O) groups is 2. The lowest BCUT2D eigenvalue weighted by molar-refractivity contribution is -0.145. The molecule has 0 aromatic heterocycles. The molecule has 1 amide bonds. The Morgan fingerprint density at radius 2 is 1.73 bits per heavy atom. The first-order chi connectivity index (χ1) is 14.6. The van der Waals surface area contributed by atoms with Gasteiger partial charge in [-0.25, -0.2) is 9.59 Å². The minimum Gasteiger partial charge on any atom is -0.494 e. The number of benzene rings is 2. The van der Waals surface area contributed by atoms with Crippen molar-refractivity contribution in [1.82, 2.24) is 5.32 Å². The zero-order chi connectivity index (χ0) is 21.6. The maximum atomic E-state index is 12.2. The smallest absolute Gasteiger partial charge is 0.408 e. The minimum atomic E-state index is -0.864. The van der Waals surface area contributed by atoms with E-state index >= 15 is 0 Å². The van der Waals surface area contributed by atoms with Crippen molar-refractivity contribution in [3.05, 3.63) is 65.7 Å². The third-order valence-electron chi connectivity index (χ3n) is 4.30. The van der Waals surface area contributed by atoms with Crippen molar-refractivity contribution in [3.8, 4) is 5.75 Å². The summed E-state index contributed by atoms with van der Waals surface area (Å²) in [6.07, 6.45) is 1.07. The van der Waals surface area contributed by atoms with Gasteiger partial charge in [0.1, 0.15) is 18.4 Å². The summed E-state index contributed by atoms with van der Waals surface area (Å²) < 4.78 is 15.9. The maximum absolute atomic E-state index is 12.2. The van der Waals surface area contributed by atoms with Crippen molar-refractivity contribution in [2.24, 2.45) is 0 Å². The minimum absolute atomic E-state index is 0.112. The van der Waals surface area contributed by atoms with E-state index in [4.69, 9.17) is 19.3 Å². The average Bonchev–Trinajstić information content (AvgIpc) is 2.77. The number of alkyl carbamates (subject to hydrolysis) is 1. The molecule has 7 heteroatoms. The highest BCUT2D eigenvalue weighted by Gasteiger charge is 2.23. The summed E-state index contributed by atoms with van der Waals surface area (Å²) in [5, 5.41) is 11.4. The molecule has 0 aliphatic heterocycles. The number of hydrogen-bond donors (Lipinski definition) is 2. The lowest BCUT2D eigenvalue weighted by atomic mass is 10.1. The summed E-state index contributed by atoms with van der Waals surface area (Å²) in [5.74, 6) is 0.133. The SMILES string of the molecule is CCOC(=O)C(CCOc1ccc(CCCO)cc1)NC(=O)OCc1ccccc1. The molecular formula is C23H29NO6. The Kier molecular flexibility index (Phi) is 10.2. The summed E-state index contributed by atoms with van der Waals surface area (Å²) in [6, 6.07) is 16.0. The van der Waals surface area contributed by atoms with Crippen molar-refractivity contribution >= 4 is 12.1 Å². The predicted octanol–water partition coefficient (Wildman–Crippen LogP) is 3.24. The molecule has 0 bridgehead atoms. The van der Waals surface area contributed by atoms with Crippen LogP contribution in [0.25, 0.3) is 0 Å². The zero-order valence-corrected chi connectivity index (χ0v) is 17.2. The van der Waals surface area contributed by atoms with E-state index in [0.29, 0.717) is 12.2 Å². The van der Waals surface area contributed by atoms with E-state index in [2.05, 4.69) is 5.32 Å². The molecular weight excluding hydrogens is 386 g/mol. The predicted molar refractivity (Wildman–Crippen MR) is 112 cm³/mol. The van der Waals surface area contributed by atoms with Crippen LogP contribution in [0.2, 0.25) is 0 Å². The quantitative estimate of drug-likeness (QED) is 0.517. The topological polar surface area (TPSA) is 94.1 Å². The molecule has 0 radical (unpaired) electrons. The van der Waals surface area contributed by atoms with Crippen LogP contribution >= 0.6 is 0 Å². The third-order valence-corrected chi connectivity index (χ3v) is 4.30. The molecule has 2 N–H and O–H groups in total. The second kappa shape index (κ2) is 13.2. The van der Waals surface area contributed by atoms with Crippen LogP contribution in [0.5, 0.6) is 5.75 Å². The molecule has 0 heterocycles. The molecule has 0 aliphatic rings. The van der Waals surface area contributed by atoms with Gasteiger partial charge in [-0.3, -0.25) is 0 Å². The third kappa shape index (κ3) is 8.53. The lowest BCUT2D eigenvalue weighted by Gasteiger charge is -2.17. The van der Waals surface area contributed by atoms with Gasteiger partial charge < -0.3 is 24.6 Å². The molecule has 2 aromatic carbocycles. The Hall–Kier alpha value is -3.06. The number of amides is 1. The molecule has 0 saturated heterocycles. The zero-order valence-electron chi connectivity index (χ0n) is 17.2. The molecule has 2 aromatic rings. The van der Waals surface area contributed by atoms with Crippen molar-refractivity contribution in [2.75, 3.05) is 19.8 Å². The van der Waals surface area contributed by atoms with Crippen molar-refractivity contribution in [2.45, 2.75) is 38.8 Å². The van der Waals surface area contributed by atoms with E-state index in [-0.39, 0.29) is 32.8 Å². The number of aryl methyl sites for hydroxylation is 1. The highest BCUT2D eigenvalue weighted by molar-refractivity contribution is 5.81. The Morgan fingerprint density at radius 1 is 1.00 bits per heavy atom. The monoisotopic (exact) mass is 415 g/mol. The van der Waals surface area contributed by atoms with Gasteiger partial charge in [0.25, 0.3) is 0 Å². The van der Waals surface area contributed by atoms with Crippen LogP contribution in [0.4, 0.5) is 4.79 Å². The van der Waals surface area contributed by atoms with Crippen LogP contribution < -0.4 is 10.1 Å². The van der Waals surface area contributed by atoms with Gasteiger partial charge >= 0.3 is 12.1 Å². The number of ether oxygens (including phenoxy) is 3. The fourth-order valence-electron chi connectivity index (χ4n) is 2.73. The normalized spacial score (nSPS) is 11.4. The summed E-state index contributed by atoms with van der Waals surface area (Å²) in [4.78, 5) is 24.3. The summed E-state index contributed by atoms with van der Waals surface area (Å²) >= 11 is 0. The van der Waals surface area contributed by atoms with Crippen LogP contribution in [-0.4, -0.2) is 43.0 Å². The van der Waals surface area contributed by atoms with Gasteiger partial charge in [-0.1, -0.05) is 42.5 Å². The summed E-state index contributed by atoms with van der Waals surface area (Å²) in [7, 11) is 0. The Labute approximate surface area is 177 Å². The van der Waals surface area contributed by atoms with Gasteiger partial charge in [0.15, 0.2) is 0 Å². The van der Waals surface area contributed by atoms with Crippen molar-refractivity contribution in [3.63, 3.8) is 0 Å². The Balaban J connectivity index is 1.82. The molecule has 0 fully saturated rings. The first-order valence-corrected chi connectivity index (χ1v) is 10.1. The number of hydrogen-bond acceptors (Lipinski definition) is 6. The molecule has 0 aliphatic carbocycles. The van der Waals surface area contributed by atoms with Crippen molar-refractivity contribution in [1.29, 1.82) is 0 Å². The number of esters is 1. The second-order valence-corrected chi connectivity index (χ2v) is 6.62. The van der Waals surface area contributed by atoms with E-state index in [1.54, 1.807) is 6.92 Å². The highest BCUT2D eigenvalue weighted by Crippen LogP contribution is 2.14. The number of carbonyl (C=O) groups excluding carboxylic acids is 2. The first-order valence-electron chi connectivity index (χ1n) is 10.1. The van der Waals surface area contributed by atoms with Crippen LogP contribution in [0.1, 0.15) is 30.9 Å². The van der Waals surface area contributed by atoms with Crippen LogP contribution in [0.15, 0.2) is 54.6 Å². The van der Waals surface area contributed by atoms with Gasteiger partial charge in [0.2, 0.25) is 0 Å². The first kappa shape index (κ1) is 23.2. The molecule has 7 nitrogen and oxygen atoms in total. The van der Waals surface area contributed by atoms with E-state index in [1.165, 1.54) is 0 Å². The fourth-order valence-corrected chi connectivity index (χ4v) is 2.73. The molecule has 2 rings (SSSR count). The Bertz CT molecular complexity index is 763. The molecule has 0 saturated carbocycles. The maximum Gasteiger partial charge on any atom is 0.408 e.